The molecule has 1 aromatic carbocycles. The number of nitro benzene ring substituents is 1. The fourth-order valence-electron chi connectivity index (χ4n) is 1.18. The molecule has 0 fully saturated rings. The molecular weight excluding hydrogens is 212 g/mol. The molecule has 82 valence electrons. The van der Waals surface area contributed by atoms with Crippen LogP contribution in [0.1, 0.15) is 13.3 Å². The van der Waals surface area contributed by atoms with E-state index < -0.39 is 0 Å². The molecule has 15 heavy (non-hydrogen) atoms. The minimum atomic E-state index is -0.364. The van der Waals surface area contributed by atoms with E-state index in [2.05, 4.69) is 12.2 Å². The number of hydrogen-bond donors (Lipinski definition) is 1. The maximum Gasteiger partial charge on any atom is 0.272 e. The molecule has 5 heteroatoms. The molecule has 0 radical (unpaired) electrons. The van der Waals surface area contributed by atoms with Crippen LogP contribution in [0.5, 0.6) is 0 Å². The third-order valence-corrected chi connectivity index (χ3v) is 2.62. The van der Waals surface area contributed by atoms with Crippen molar-refractivity contribution in [3.63, 3.8) is 0 Å². The summed E-state index contributed by atoms with van der Waals surface area (Å²) in [4.78, 5) is 11.2. The van der Waals surface area contributed by atoms with Crippen LogP contribution >= 0.6 is 11.8 Å². The maximum atomic E-state index is 10.7. The summed E-state index contributed by atoms with van der Waals surface area (Å²) in [5.41, 5.74) is 0.954. The van der Waals surface area contributed by atoms with Gasteiger partial charge in [-0.15, -0.1) is 11.8 Å². The van der Waals surface area contributed by atoms with E-state index in [0.717, 1.165) is 23.5 Å². The smallest absolute Gasteiger partial charge is 0.272 e. The van der Waals surface area contributed by atoms with Crippen LogP contribution in [-0.2, 0) is 0 Å². The Balaban J connectivity index is 2.95. The van der Waals surface area contributed by atoms with Gasteiger partial charge in [-0.2, -0.15) is 0 Å². The minimum absolute atomic E-state index is 0.139. The quantitative estimate of drug-likeness (QED) is 0.476. The van der Waals surface area contributed by atoms with Crippen molar-refractivity contribution in [2.45, 2.75) is 18.2 Å². The van der Waals surface area contributed by atoms with E-state index >= 15 is 0 Å². The van der Waals surface area contributed by atoms with Crippen molar-refractivity contribution in [1.29, 1.82) is 0 Å². The number of non-ortho nitro benzene ring substituents is 1. The standard InChI is InChI=1S/C10H14N2O2S/c1-3-4-11-8-5-9(12(13)14)7-10(6-8)15-2/h5-7,11H,3-4H2,1-2H3. The molecule has 1 rings (SSSR count). The Labute approximate surface area is 93.2 Å². The molecule has 0 aliphatic heterocycles. The highest BCUT2D eigenvalue weighted by Crippen LogP contribution is 2.26. The number of hydrogen-bond acceptors (Lipinski definition) is 4. The fourth-order valence-corrected chi connectivity index (χ4v) is 1.66. The van der Waals surface area contributed by atoms with Crippen LogP contribution in [0.4, 0.5) is 11.4 Å². The summed E-state index contributed by atoms with van der Waals surface area (Å²) in [5.74, 6) is 0. The molecule has 0 aliphatic carbocycles. The number of nitrogens with one attached hydrogen (secondary N) is 1. The summed E-state index contributed by atoms with van der Waals surface area (Å²) in [6.07, 6.45) is 2.90. The zero-order valence-electron chi connectivity index (χ0n) is 8.82. The molecule has 0 aromatic heterocycles. The van der Waals surface area contributed by atoms with Crippen LogP contribution in [0.2, 0.25) is 0 Å². The van der Waals surface area contributed by atoms with Gasteiger partial charge < -0.3 is 5.32 Å². The van der Waals surface area contributed by atoms with E-state index in [4.69, 9.17) is 0 Å². The zero-order chi connectivity index (χ0) is 11.3. The summed E-state index contributed by atoms with van der Waals surface area (Å²) in [6.45, 7) is 2.88. The van der Waals surface area contributed by atoms with Gasteiger partial charge in [0.15, 0.2) is 0 Å². The van der Waals surface area contributed by atoms with E-state index in [1.54, 1.807) is 12.1 Å². The van der Waals surface area contributed by atoms with E-state index in [1.807, 2.05) is 12.3 Å². The summed E-state index contributed by atoms with van der Waals surface area (Å²) in [6, 6.07) is 5.07. The molecule has 0 unspecified atom stereocenters. The van der Waals surface area contributed by atoms with Gasteiger partial charge in [0.05, 0.1) is 4.92 Å². The van der Waals surface area contributed by atoms with E-state index in [-0.39, 0.29) is 10.6 Å². The molecule has 1 aromatic rings. The van der Waals surface area contributed by atoms with Crippen LogP contribution in [-0.4, -0.2) is 17.7 Å². The van der Waals surface area contributed by atoms with Crippen LogP contribution in [0.25, 0.3) is 0 Å². The average molecular weight is 226 g/mol. The van der Waals surface area contributed by atoms with Crippen molar-refractivity contribution in [1.82, 2.24) is 0 Å². The molecule has 0 heterocycles. The first-order valence-electron chi connectivity index (χ1n) is 4.74. The van der Waals surface area contributed by atoms with Gasteiger partial charge in [0.1, 0.15) is 0 Å². The Hall–Kier alpha value is -1.23. The molecule has 0 saturated heterocycles. The van der Waals surface area contributed by atoms with Crippen molar-refractivity contribution in [3.05, 3.63) is 28.3 Å². The first kappa shape index (κ1) is 11.8. The first-order valence-corrected chi connectivity index (χ1v) is 5.97. The third kappa shape index (κ3) is 3.43. The van der Waals surface area contributed by atoms with Gasteiger partial charge in [-0.05, 0) is 18.7 Å². The van der Waals surface area contributed by atoms with Crippen molar-refractivity contribution in [2.24, 2.45) is 0 Å². The second-order valence-electron chi connectivity index (χ2n) is 3.10. The Kier molecular flexibility index (Phi) is 4.42. The van der Waals surface area contributed by atoms with Gasteiger partial charge in [0, 0.05) is 29.3 Å². The predicted octanol–water partition coefficient (Wildman–Crippen LogP) is 3.14. The van der Waals surface area contributed by atoms with Gasteiger partial charge in [-0.25, -0.2) is 0 Å². The molecule has 0 atom stereocenters. The van der Waals surface area contributed by atoms with Crippen molar-refractivity contribution >= 4 is 23.1 Å². The molecular formula is C10H14N2O2S. The van der Waals surface area contributed by atoms with Crippen LogP contribution in [0.15, 0.2) is 23.1 Å². The molecule has 4 nitrogen and oxygen atoms in total. The van der Waals surface area contributed by atoms with E-state index in [9.17, 15) is 10.1 Å². The predicted molar refractivity (Wildman–Crippen MR) is 63.7 cm³/mol. The van der Waals surface area contributed by atoms with Crippen molar-refractivity contribution < 1.29 is 4.92 Å². The number of nitro groups is 1. The van der Waals surface area contributed by atoms with Gasteiger partial charge in [0.2, 0.25) is 0 Å². The van der Waals surface area contributed by atoms with Crippen molar-refractivity contribution in [3.8, 4) is 0 Å². The van der Waals surface area contributed by atoms with E-state index in [0.29, 0.717) is 0 Å². The zero-order valence-corrected chi connectivity index (χ0v) is 9.63. The lowest BCUT2D eigenvalue weighted by Gasteiger charge is -2.06. The van der Waals surface area contributed by atoms with Crippen LogP contribution in [0.3, 0.4) is 0 Å². The molecule has 0 saturated carbocycles. The summed E-state index contributed by atoms with van der Waals surface area (Å²) in [7, 11) is 0. The molecule has 1 N–H and O–H groups in total. The summed E-state index contributed by atoms with van der Waals surface area (Å²) < 4.78 is 0. The van der Waals surface area contributed by atoms with Gasteiger partial charge in [0.25, 0.3) is 5.69 Å². The Morgan fingerprint density at radius 1 is 1.47 bits per heavy atom. The van der Waals surface area contributed by atoms with Gasteiger partial charge in [-0.3, -0.25) is 10.1 Å². The Morgan fingerprint density at radius 2 is 2.20 bits per heavy atom. The van der Waals surface area contributed by atoms with Gasteiger partial charge >= 0.3 is 0 Å². The second kappa shape index (κ2) is 5.60. The highest BCUT2D eigenvalue weighted by molar-refractivity contribution is 7.98. The lowest BCUT2D eigenvalue weighted by molar-refractivity contribution is -0.385. The van der Waals surface area contributed by atoms with Gasteiger partial charge in [-0.1, -0.05) is 6.92 Å². The lowest BCUT2D eigenvalue weighted by Crippen LogP contribution is -2.00. The summed E-state index contributed by atoms with van der Waals surface area (Å²) >= 11 is 1.50. The Morgan fingerprint density at radius 3 is 2.73 bits per heavy atom. The van der Waals surface area contributed by atoms with E-state index in [1.165, 1.54) is 11.8 Å². The minimum Gasteiger partial charge on any atom is -0.385 e. The molecule has 0 bridgehead atoms. The van der Waals surface area contributed by atoms with Crippen LogP contribution < -0.4 is 5.32 Å². The molecule has 0 spiro atoms. The maximum absolute atomic E-state index is 10.7. The summed E-state index contributed by atoms with van der Waals surface area (Å²) in [5, 5.41) is 13.8. The molecule has 0 amide bonds. The van der Waals surface area contributed by atoms with Crippen molar-refractivity contribution in [2.75, 3.05) is 18.1 Å². The largest absolute Gasteiger partial charge is 0.385 e. The molecule has 0 aliphatic rings. The number of benzene rings is 1. The number of anilines is 1. The monoisotopic (exact) mass is 226 g/mol. The highest BCUT2D eigenvalue weighted by atomic mass is 32.2. The normalized spacial score (nSPS) is 10.0. The first-order chi connectivity index (χ1) is 7.17. The topological polar surface area (TPSA) is 55.2 Å². The Bertz CT molecular complexity index is 355. The average Bonchev–Trinajstić information content (AvgIpc) is 2.25. The van der Waals surface area contributed by atoms with Crippen LogP contribution in [0, 0.1) is 10.1 Å². The number of rotatable bonds is 5. The number of thioether (sulfide) groups is 1. The fraction of sp³-hybridized carbons (Fsp3) is 0.400. The number of nitrogens with zero attached hydrogens (tertiary/aromatic N) is 1. The highest BCUT2D eigenvalue weighted by Gasteiger charge is 2.08. The SMILES string of the molecule is CCCNc1cc(SC)cc([N+](=O)[O-])c1. The third-order valence-electron chi connectivity index (χ3n) is 1.92. The lowest BCUT2D eigenvalue weighted by atomic mass is 10.2. The second-order valence-corrected chi connectivity index (χ2v) is 3.98.